The van der Waals surface area contributed by atoms with Gasteiger partial charge in [-0.05, 0) is 17.9 Å². The Labute approximate surface area is 186 Å². The van der Waals surface area contributed by atoms with Crippen molar-refractivity contribution in [3.05, 3.63) is 42.5 Å². The van der Waals surface area contributed by atoms with Crippen LogP contribution in [-0.2, 0) is 24.7 Å². The zero-order chi connectivity index (χ0) is 23.2. The largest absolute Gasteiger partial charge is 0.397 e. The van der Waals surface area contributed by atoms with Crippen molar-refractivity contribution >= 4 is 31.3 Å². The third-order valence-corrected chi connectivity index (χ3v) is 6.13. The van der Waals surface area contributed by atoms with Gasteiger partial charge in [0.2, 0.25) is 0 Å². The molecule has 0 unspecified atom stereocenters. The van der Waals surface area contributed by atoms with Gasteiger partial charge in [-0.3, -0.25) is 9.11 Å². The summed E-state index contributed by atoms with van der Waals surface area (Å²) in [4.78, 5) is -0.0457. The van der Waals surface area contributed by atoms with Gasteiger partial charge in [-0.2, -0.15) is 16.8 Å². The Morgan fingerprint density at radius 1 is 0.710 bits per heavy atom. The van der Waals surface area contributed by atoms with E-state index in [9.17, 15) is 16.8 Å². The molecule has 7 nitrogen and oxygen atoms in total. The third kappa shape index (κ3) is 12.8. The lowest BCUT2D eigenvalue weighted by Crippen LogP contribution is -2.04. The fraction of sp³-hybridized carbons (Fsp3) is 0.545. The monoisotopic (exact) mass is 474 g/mol. The van der Waals surface area contributed by atoms with Gasteiger partial charge in [-0.1, -0.05) is 101 Å². The van der Waals surface area contributed by atoms with Crippen LogP contribution in [0.15, 0.2) is 47.4 Å². The van der Waals surface area contributed by atoms with E-state index in [0.717, 1.165) is 18.2 Å². The first-order valence-corrected chi connectivity index (χ1v) is 13.5. The number of unbranched alkanes of at least 4 members (excludes halogenated alkanes) is 9. The normalized spacial score (nSPS) is 11.8. The summed E-state index contributed by atoms with van der Waals surface area (Å²) in [6.45, 7) is 2.31. The number of hydrogen-bond acceptors (Lipinski definition) is 5. The van der Waals surface area contributed by atoms with Crippen LogP contribution in [-0.4, -0.2) is 32.5 Å². The molecule has 0 aliphatic rings. The van der Waals surface area contributed by atoms with Gasteiger partial charge in [0, 0.05) is 5.39 Å². The molecule has 0 radical (unpaired) electrons. The molecule has 0 saturated carbocycles. The summed E-state index contributed by atoms with van der Waals surface area (Å²) in [5.41, 5.74) is 0. The van der Waals surface area contributed by atoms with Crippen LogP contribution in [0.25, 0.3) is 10.8 Å². The average molecular weight is 475 g/mol. The van der Waals surface area contributed by atoms with Gasteiger partial charge in [-0.25, -0.2) is 4.18 Å². The maximum atomic E-state index is 11.0. The minimum atomic E-state index is -4.23. The third-order valence-electron chi connectivity index (χ3n) is 4.76. The van der Waals surface area contributed by atoms with Crippen LogP contribution >= 0.6 is 0 Å². The highest BCUT2D eigenvalue weighted by atomic mass is 32.3. The Balaban J connectivity index is 0.000000314. The quantitative estimate of drug-likeness (QED) is 0.278. The van der Waals surface area contributed by atoms with E-state index in [4.69, 9.17) is 9.11 Å². The molecule has 31 heavy (non-hydrogen) atoms. The molecule has 0 bridgehead atoms. The van der Waals surface area contributed by atoms with Crippen LogP contribution in [0.3, 0.4) is 0 Å². The molecule has 2 aromatic rings. The maximum Gasteiger partial charge on any atom is 0.397 e. The van der Waals surface area contributed by atoms with Gasteiger partial charge in [0.15, 0.2) is 0 Å². The summed E-state index contributed by atoms with van der Waals surface area (Å²) in [7, 11) is -8.36. The second-order valence-electron chi connectivity index (χ2n) is 7.38. The molecule has 0 heterocycles. The molecule has 0 aliphatic carbocycles. The molecule has 0 aliphatic heterocycles. The van der Waals surface area contributed by atoms with E-state index in [1.54, 1.807) is 30.3 Å². The highest BCUT2D eigenvalue weighted by molar-refractivity contribution is 7.86. The Bertz CT molecular complexity index is 965. The van der Waals surface area contributed by atoms with Crippen molar-refractivity contribution in [3.8, 4) is 0 Å². The molecule has 0 atom stereocenters. The smallest absolute Gasteiger partial charge is 0.282 e. The van der Waals surface area contributed by atoms with Gasteiger partial charge < -0.3 is 0 Å². The molecule has 0 saturated heterocycles. The second-order valence-corrected chi connectivity index (χ2v) is 9.87. The molecular formula is C22H34O7S2. The van der Waals surface area contributed by atoms with E-state index in [-0.39, 0.29) is 11.5 Å². The lowest BCUT2D eigenvalue weighted by Gasteiger charge is -2.02. The van der Waals surface area contributed by atoms with Crippen molar-refractivity contribution in [2.24, 2.45) is 0 Å². The summed E-state index contributed by atoms with van der Waals surface area (Å²) in [6, 6.07) is 11.8. The molecule has 0 spiro atoms. The number of benzene rings is 2. The molecule has 9 heteroatoms. The zero-order valence-corrected chi connectivity index (χ0v) is 19.7. The molecular weight excluding hydrogens is 440 g/mol. The first kappa shape index (κ1) is 27.5. The summed E-state index contributed by atoms with van der Waals surface area (Å²) in [5.74, 6) is 0. The fourth-order valence-electron chi connectivity index (χ4n) is 3.17. The van der Waals surface area contributed by atoms with E-state index in [1.807, 2.05) is 6.07 Å². The summed E-state index contributed by atoms with van der Waals surface area (Å²) in [6.07, 6.45) is 11.9. The molecule has 176 valence electrons. The Hall–Kier alpha value is -1.52. The molecule has 0 aromatic heterocycles. The van der Waals surface area contributed by atoms with Gasteiger partial charge in [0.1, 0.15) is 4.90 Å². The lowest BCUT2D eigenvalue weighted by atomic mass is 10.1. The van der Waals surface area contributed by atoms with Gasteiger partial charge in [0.25, 0.3) is 10.1 Å². The summed E-state index contributed by atoms with van der Waals surface area (Å²) < 4.78 is 64.0. The van der Waals surface area contributed by atoms with Crippen LogP contribution in [0.2, 0.25) is 0 Å². The summed E-state index contributed by atoms with van der Waals surface area (Å²) in [5, 5.41) is 1.33. The zero-order valence-electron chi connectivity index (χ0n) is 18.1. The second kappa shape index (κ2) is 14.5. The predicted molar refractivity (Wildman–Crippen MR) is 123 cm³/mol. The van der Waals surface area contributed by atoms with E-state index in [1.165, 1.54) is 51.0 Å². The van der Waals surface area contributed by atoms with Crippen molar-refractivity contribution in [1.82, 2.24) is 0 Å². The van der Waals surface area contributed by atoms with Crippen molar-refractivity contribution < 1.29 is 30.1 Å². The molecule has 0 amide bonds. The first-order valence-electron chi connectivity index (χ1n) is 10.7. The van der Waals surface area contributed by atoms with Crippen LogP contribution in [0.5, 0.6) is 0 Å². The van der Waals surface area contributed by atoms with Crippen LogP contribution < -0.4 is 0 Å². The van der Waals surface area contributed by atoms with Crippen molar-refractivity contribution in [1.29, 1.82) is 0 Å². The van der Waals surface area contributed by atoms with Gasteiger partial charge in [0.05, 0.1) is 6.61 Å². The predicted octanol–water partition coefficient (Wildman–Crippen LogP) is 5.81. The van der Waals surface area contributed by atoms with E-state index in [0.29, 0.717) is 11.8 Å². The van der Waals surface area contributed by atoms with Crippen LogP contribution in [0.1, 0.15) is 71.1 Å². The highest BCUT2D eigenvalue weighted by Gasteiger charge is 2.12. The molecule has 0 fully saturated rings. The van der Waals surface area contributed by atoms with Crippen LogP contribution in [0, 0.1) is 0 Å². The highest BCUT2D eigenvalue weighted by Crippen LogP contribution is 2.22. The van der Waals surface area contributed by atoms with E-state index >= 15 is 0 Å². The first-order chi connectivity index (χ1) is 14.6. The Morgan fingerprint density at radius 3 is 1.77 bits per heavy atom. The average Bonchev–Trinajstić information content (AvgIpc) is 2.70. The van der Waals surface area contributed by atoms with Gasteiger partial charge in [-0.15, -0.1) is 0 Å². The SMILES string of the molecule is CCCCCCCCCCCCOS(=O)(=O)O.O=S(=O)(O)c1cccc2ccccc12. The maximum absolute atomic E-state index is 11.0. The number of rotatable bonds is 13. The fourth-order valence-corrected chi connectivity index (χ4v) is 4.22. The van der Waals surface area contributed by atoms with Crippen molar-refractivity contribution in [2.75, 3.05) is 6.61 Å². The minimum absolute atomic E-state index is 0.0457. The minimum Gasteiger partial charge on any atom is -0.282 e. The standard InChI is InChI=1S/C12H26O4S.C10H8O3S/c1-2-3-4-5-6-7-8-9-10-11-12-16-17(13,14)15;11-14(12,13)10-7-3-5-8-4-1-2-6-9(8)10/h2-12H2,1H3,(H,13,14,15);1-7H,(H,11,12,13). The van der Waals surface area contributed by atoms with E-state index in [2.05, 4.69) is 11.1 Å². The molecule has 2 rings (SSSR count). The molecule has 2 aromatic carbocycles. The Morgan fingerprint density at radius 2 is 1.23 bits per heavy atom. The number of hydrogen-bond donors (Lipinski definition) is 2. The number of fused-ring (bicyclic) bond motifs is 1. The molecule has 2 N–H and O–H groups in total. The van der Waals surface area contributed by atoms with Gasteiger partial charge >= 0.3 is 10.4 Å². The van der Waals surface area contributed by atoms with E-state index < -0.39 is 20.5 Å². The Kier molecular flexibility index (Phi) is 12.9. The van der Waals surface area contributed by atoms with Crippen molar-refractivity contribution in [3.63, 3.8) is 0 Å². The van der Waals surface area contributed by atoms with Crippen LogP contribution in [0.4, 0.5) is 0 Å². The van der Waals surface area contributed by atoms with Crippen molar-refractivity contribution in [2.45, 2.75) is 76.0 Å². The summed E-state index contributed by atoms with van der Waals surface area (Å²) >= 11 is 0. The lowest BCUT2D eigenvalue weighted by molar-refractivity contribution is 0.261. The topological polar surface area (TPSA) is 118 Å².